The van der Waals surface area contributed by atoms with Crippen LogP contribution in [0.2, 0.25) is 0 Å². The third kappa shape index (κ3) is 2.72. The van der Waals surface area contributed by atoms with Crippen molar-refractivity contribution in [1.82, 2.24) is 14.5 Å². The molecule has 2 heterocycles. The number of nitrogens with one attached hydrogen (secondary N) is 1. The van der Waals surface area contributed by atoms with Crippen LogP contribution >= 0.6 is 0 Å². The van der Waals surface area contributed by atoms with Crippen molar-refractivity contribution in [3.8, 4) is 0 Å². The highest BCUT2D eigenvalue weighted by Crippen LogP contribution is 2.22. The molecule has 7 nitrogen and oxygen atoms in total. The molecular formula is C15H19N3O4S. The van der Waals surface area contributed by atoms with Gasteiger partial charge >= 0.3 is 0 Å². The number of fused-ring (bicyclic) bond motifs is 1. The van der Waals surface area contributed by atoms with Gasteiger partial charge in [0.15, 0.2) is 0 Å². The minimum absolute atomic E-state index is 0.0134. The quantitative estimate of drug-likeness (QED) is 0.804. The Morgan fingerprint density at radius 2 is 1.78 bits per heavy atom. The van der Waals surface area contributed by atoms with Gasteiger partial charge in [-0.05, 0) is 26.0 Å². The molecule has 0 radical (unpaired) electrons. The van der Waals surface area contributed by atoms with Gasteiger partial charge in [-0.1, -0.05) is 17.7 Å². The number of aryl methyl sites for hydroxylation is 1. The number of hydrogen-bond donors (Lipinski definition) is 1. The lowest BCUT2D eigenvalue weighted by Gasteiger charge is -2.44. The lowest BCUT2D eigenvalue weighted by atomic mass is 10.1. The molecule has 0 saturated carbocycles. The SMILES string of the molecule is Cc1ccc(S(=O)(=O)N2CCN3C(=O)[C@@H](C)NC(=O)[C@H]3C2)cc1. The number of nitrogens with zero attached hydrogens (tertiary/aromatic N) is 2. The Morgan fingerprint density at radius 3 is 2.43 bits per heavy atom. The summed E-state index contributed by atoms with van der Waals surface area (Å²) in [6, 6.07) is 5.28. The van der Waals surface area contributed by atoms with Crippen molar-refractivity contribution in [1.29, 1.82) is 0 Å². The van der Waals surface area contributed by atoms with Crippen molar-refractivity contribution >= 4 is 21.8 Å². The molecule has 2 saturated heterocycles. The van der Waals surface area contributed by atoms with Crippen LogP contribution < -0.4 is 5.32 Å². The third-order valence-electron chi connectivity index (χ3n) is 4.32. The van der Waals surface area contributed by atoms with Crippen LogP contribution in [0.15, 0.2) is 29.2 Å². The zero-order valence-corrected chi connectivity index (χ0v) is 13.8. The zero-order valence-electron chi connectivity index (χ0n) is 13.0. The van der Waals surface area contributed by atoms with Crippen LogP contribution in [0.1, 0.15) is 12.5 Å². The molecule has 1 N–H and O–H groups in total. The number of piperazine rings is 2. The Morgan fingerprint density at radius 1 is 1.13 bits per heavy atom. The maximum absolute atomic E-state index is 12.7. The molecular weight excluding hydrogens is 318 g/mol. The van der Waals surface area contributed by atoms with Gasteiger partial charge in [-0.3, -0.25) is 9.59 Å². The maximum Gasteiger partial charge on any atom is 0.245 e. The summed E-state index contributed by atoms with van der Waals surface area (Å²) in [6.07, 6.45) is 0. The van der Waals surface area contributed by atoms with Crippen molar-refractivity contribution < 1.29 is 18.0 Å². The molecule has 2 fully saturated rings. The second-order valence-corrected chi connectivity index (χ2v) is 7.89. The monoisotopic (exact) mass is 337 g/mol. The predicted molar refractivity (Wildman–Crippen MR) is 83.0 cm³/mol. The number of amides is 2. The molecule has 0 aliphatic carbocycles. The standard InChI is InChI=1S/C15H19N3O4S/c1-10-3-5-12(6-4-10)23(21,22)17-7-8-18-13(9-17)14(19)16-11(2)15(18)20/h3-6,11,13H,7-9H2,1-2H3,(H,16,19)/t11-,13-/m1/s1. The van der Waals surface area contributed by atoms with E-state index in [1.54, 1.807) is 31.2 Å². The Kier molecular flexibility index (Phi) is 3.89. The van der Waals surface area contributed by atoms with Gasteiger partial charge in [0.2, 0.25) is 21.8 Å². The highest BCUT2D eigenvalue weighted by atomic mass is 32.2. The van der Waals surface area contributed by atoms with Crippen molar-refractivity contribution in [3.63, 3.8) is 0 Å². The van der Waals surface area contributed by atoms with Crippen LogP contribution in [0.25, 0.3) is 0 Å². The Labute approximate surface area is 135 Å². The van der Waals surface area contributed by atoms with Gasteiger partial charge in [0.1, 0.15) is 12.1 Å². The van der Waals surface area contributed by atoms with E-state index in [2.05, 4.69) is 5.32 Å². The summed E-state index contributed by atoms with van der Waals surface area (Å²) in [5, 5.41) is 2.60. The largest absolute Gasteiger partial charge is 0.343 e. The summed E-state index contributed by atoms with van der Waals surface area (Å²) in [5.74, 6) is -0.470. The van der Waals surface area contributed by atoms with Crippen molar-refractivity contribution in [3.05, 3.63) is 29.8 Å². The number of rotatable bonds is 2. The smallest absolute Gasteiger partial charge is 0.245 e. The van der Waals surface area contributed by atoms with Gasteiger partial charge in [-0.25, -0.2) is 8.42 Å². The van der Waals surface area contributed by atoms with E-state index in [0.29, 0.717) is 0 Å². The van der Waals surface area contributed by atoms with Crippen LogP contribution in [-0.2, 0) is 19.6 Å². The van der Waals surface area contributed by atoms with E-state index >= 15 is 0 Å². The topological polar surface area (TPSA) is 86.8 Å². The molecule has 0 aromatic heterocycles. The second-order valence-electron chi connectivity index (χ2n) is 5.95. The molecule has 0 bridgehead atoms. The van der Waals surface area contributed by atoms with Gasteiger partial charge in [-0.15, -0.1) is 0 Å². The molecule has 2 aliphatic rings. The number of carbonyl (C=O) groups excluding carboxylic acids is 2. The van der Waals surface area contributed by atoms with Crippen LogP contribution in [0.3, 0.4) is 0 Å². The average molecular weight is 337 g/mol. The van der Waals surface area contributed by atoms with Gasteiger partial charge < -0.3 is 10.2 Å². The molecule has 2 atom stereocenters. The minimum atomic E-state index is -3.67. The van der Waals surface area contributed by atoms with E-state index in [1.165, 1.54) is 9.21 Å². The van der Waals surface area contributed by atoms with Crippen LogP contribution in [-0.4, -0.2) is 61.2 Å². The van der Waals surface area contributed by atoms with E-state index in [1.807, 2.05) is 6.92 Å². The first-order valence-corrected chi connectivity index (χ1v) is 8.92. The Bertz CT molecular complexity index is 744. The average Bonchev–Trinajstić information content (AvgIpc) is 2.52. The predicted octanol–water partition coefficient (Wildman–Crippen LogP) is -0.285. The Hall–Kier alpha value is -1.93. The van der Waals surface area contributed by atoms with Crippen molar-refractivity contribution in [2.24, 2.45) is 0 Å². The van der Waals surface area contributed by atoms with Crippen LogP contribution in [0.4, 0.5) is 0 Å². The molecule has 2 aliphatic heterocycles. The molecule has 1 aromatic rings. The molecule has 1 aromatic carbocycles. The fourth-order valence-corrected chi connectivity index (χ4v) is 4.38. The molecule has 0 spiro atoms. The number of sulfonamides is 1. The Balaban J connectivity index is 1.85. The zero-order chi connectivity index (χ0) is 16.8. The summed E-state index contributed by atoms with van der Waals surface area (Å²) < 4.78 is 26.7. The van der Waals surface area contributed by atoms with Crippen molar-refractivity contribution in [2.45, 2.75) is 30.8 Å². The molecule has 23 heavy (non-hydrogen) atoms. The fourth-order valence-electron chi connectivity index (χ4n) is 2.94. The molecule has 0 unspecified atom stereocenters. The van der Waals surface area contributed by atoms with Crippen LogP contribution in [0.5, 0.6) is 0 Å². The normalized spacial score (nSPS) is 25.9. The summed E-state index contributed by atoms with van der Waals surface area (Å²) in [5.41, 5.74) is 0.972. The van der Waals surface area contributed by atoms with E-state index in [4.69, 9.17) is 0 Å². The first kappa shape index (κ1) is 15.9. The summed E-state index contributed by atoms with van der Waals surface area (Å²) in [4.78, 5) is 25.9. The summed E-state index contributed by atoms with van der Waals surface area (Å²) in [6.45, 7) is 3.92. The molecule has 2 amide bonds. The van der Waals surface area contributed by atoms with E-state index < -0.39 is 22.1 Å². The van der Waals surface area contributed by atoms with E-state index in [0.717, 1.165) is 5.56 Å². The fraction of sp³-hybridized carbons (Fsp3) is 0.467. The molecule has 8 heteroatoms. The molecule has 124 valence electrons. The molecule has 3 rings (SSSR count). The third-order valence-corrected chi connectivity index (χ3v) is 6.20. The lowest BCUT2D eigenvalue weighted by Crippen LogP contribution is -2.69. The minimum Gasteiger partial charge on any atom is -0.343 e. The maximum atomic E-state index is 12.7. The second kappa shape index (κ2) is 5.61. The van der Waals surface area contributed by atoms with Gasteiger partial charge in [0.25, 0.3) is 0 Å². The van der Waals surface area contributed by atoms with Gasteiger partial charge in [0.05, 0.1) is 4.90 Å². The first-order valence-electron chi connectivity index (χ1n) is 7.48. The first-order chi connectivity index (χ1) is 10.8. The van der Waals surface area contributed by atoms with Crippen molar-refractivity contribution in [2.75, 3.05) is 19.6 Å². The van der Waals surface area contributed by atoms with E-state index in [-0.39, 0.29) is 36.3 Å². The number of benzene rings is 1. The van der Waals surface area contributed by atoms with Gasteiger partial charge in [0, 0.05) is 19.6 Å². The number of carbonyl (C=O) groups is 2. The van der Waals surface area contributed by atoms with E-state index in [9.17, 15) is 18.0 Å². The summed E-state index contributed by atoms with van der Waals surface area (Å²) >= 11 is 0. The van der Waals surface area contributed by atoms with Crippen LogP contribution in [0, 0.1) is 6.92 Å². The lowest BCUT2D eigenvalue weighted by molar-refractivity contribution is -0.151. The highest BCUT2D eigenvalue weighted by molar-refractivity contribution is 7.89. The number of hydrogen-bond acceptors (Lipinski definition) is 4. The highest BCUT2D eigenvalue weighted by Gasteiger charge is 2.44. The van der Waals surface area contributed by atoms with Gasteiger partial charge in [-0.2, -0.15) is 4.31 Å². The summed E-state index contributed by atoms with van der Waals surface area (Å²) in [7, 11) is -3.67.